The summed E-state index contributed by atoms with van der Waals surface area (Å²) in [6.45, 7) is 5.58. The Morgan fingerprint density at radius 1 is 1.38 bits per heavy atom. The van der Waals surface area contributed by atoms with E-state index in [4.69, 9.17) is 16.3 Å². The SMILES string of the molecule is CCOCCCNc1nnc(SC(C)C(=O)Nc2ccc(Cl)c(C(F)(F)F)c2)s1. The first-order valence-corrected chi connectivity index (χ1v) is 10.8. The van der Waals surface area contributed by atoms with Gasteiger partial charge in [0.25, 0.3) is 0 Å². The van der Waals surface area contributed by atoms with Gasteiger partial charge in [0.2, 0.25) is 11.0 Å². The molecule has 29 heavy (non-hydrogen) atoms. The standard InChI is InChI=1S/C17H20ClF3N4O2S2/c1-3-27-8-4-7-22-15-24-25-16(29-15)28-10(2)14(26)23-11-5-6-13(18)12(9-11)17(19,20)21/h5-6,9-10H,3-4,7-8H2,1-2H3,(H,22,24)(H,23,26). The number of amides is 1. The third-order valence-corrected chi connectivity index (χ3v) is 5.93. The second-order valence-corrected chi connectivity index (χ2v) is 8.76. The van der Waals surface area contributed by atoms with E-state index in [9.17, 15) is 18.0 Å². The number of alkyl halides is 3. The maximum atomic E-state index is 12.9. The second kappa shape index (κ2) is 11.0. The molecule has 1 heterocycles. The molecule has 1 atom stereocenters. The van der Waals surface area contributed by atoms with E-state index in [-0.39, 0.29) is 5.69 Å². The Bertz CT molecular complexity index is 820. The lowest BCUT2D eigenvalue weighted by atomic mass is 10.2. The highest BCUT2D eigenvalue weighted by Crippen LogP contribution is 2.36. The summed E-state index contributed by atoms with van der Waals surface area (Å²) in [4.78, 5) is 12.3. The van der Waals surface area contributed by atoms with Gasteiger partial charge in [-0.25, -0.2) is 0 Å². The number of anilines is 2. The molecular weight excluding hydrogens is 449 g/mol. The van der Waals surface area contributed by atoms with Crippen molar-refractivity contribution >= 4 is 51.4 Å². The average molecular weight is 469 g/mol. The van der Waals surface area contributed by atoms with Crippen LogP contribution in [-0.4, -0.2) is 41.1 Å². The molecule has 0 bridgehead atoms. The van der Waals surface area contributed by atoms with Gasteiger partial charge in [-0.2, -0.15) is 13.2 Å². The number of carbonyl (C=O) groups is 1. The number of hydrogen-bond donors (Lipinski definition) is 2. The van der Waals surface area contributed by atoms with E-state index in [1.807, 2.05) is 6.92 Å². The third kappa shape index (κ3) is 7.65. The summed E-state index contributed by atoms with van der Waals surface area (Å²) < 4.78 is 44.6. The number of nitrogens with zero attached hydrogens (tertiary/aromatic N) is 2. The summed E-state index contributed by atoms with van der Waals surface area (Å²) in [5, 5.41) is 13.2. The van der Waals surface area contributed by atoms with Crippen LogP contribution in [0.15, 0.2) is 22.5 Å². The number of rotatable bonds is 10. The van der Waals surface area contributed by atoms with Crippen LogP contribution in [0.4, 0.5) is 24.0 Å². The lowest BCUT2D eigenvalue weighted by molar-refractivity contribution is -0.137. The minimum atomic E-state index is -4.60. The Hall–Kier alpha value is -1.56. The van der Waals surface area contributed by atoms with Gasteiger partial charge in [-0.15, -0.1) is 10.2 Å². The molecule has 12 heteroatoms. The van der Waals surface area contributed by atoms with Gasteiger partial charge >= 0.3 is 6.18 Å². The Labute approximate surface area is 179 Å². The molecule has 2 N–H and O–H groups in total. The normalized spacial score (nSPS) is 12.6. The number of ether oxygens (including phenoxy) is 1. The molecule has 0 radical (unpaired) electrons. The molecule has 0 saturated heterocycles. The molecule has 1 aromatic carbocycles. The fourth-order valence-electron chi connectivity index (χ4n) is 2.11. The monoisotopic (exact) mass is 468 g/mol. The molecule has 2 aromatic rings. The zero-order chi connectivity index (χ0) is 21.4. The van der Waals surface area contributed by atoms with Gasteiger partial charge in [-0.3, -0.25) is 4.79 Å². The van der Waals surface area contributed by atoms with E-state index in [0.29, 0.717) is 29.2 Å². The third-order valence-electron chi connectivity index (χ3n) is 3.54. The highest BCUT2D eigenvalue weighted by molar-refractivity contribution is 8.02. The van der Waals surface area contributed by atoms with Crippen LogP contribution in [0.5, 0.6) is 0 Å². The van der Waals surface area contributed by atoms with Crippen molar-refractivity contribution in [3.8, 4) is 0 Å². The summed E-state index contributed by atoms with van der Waals surface area (Å²) in [7, 11) is 0. The Morgan fingerprint density at radius 3 is 2.83 bits per heavy atom. The second-order valence-electron chi connectivity index (χ2n) is 5.79. The molecule has 1 amide bonds. The molecule has 0 saturated carbocycles. The van der Waals surface area contributed by atoms with Gasteiger partial charge in [0.05, 0.1) is 15.8 Å². The molecule has 1 unspecified atom stereocenters. The summed E-state index contributed by atoms with van der Waals surface area (Å²) in [5.74, 6) is -0.452. The Morgan fingerprint density at radius 2 is 2.14 bits per heavy atom. The van der Waals surface area contributed by atoms with Crippen LogP contribution in [0.3, 0.4) is 0 Å². The fourth-order valence-corrected chi connectivity index (χ4v) is 4.26. The summed E-state index contributed by atoms with van der Waals surface area (Å²) in [6.07, 6.45) is -3.77. The first kappa shape index (κ1) is 23.7. The summed E-state index contributed by atoms with van der Waals surface area (Å²) >= 11 is 8.06. The highest BCUT2D eigenvalue weighted by Gasteiger charge is 2.33. The molecule has 1 aromatic heterocycles. The number of hydrogen-bond acceptors (Lipinski definition) is 7. The highest BCUT2D eigenvalue weighted by atomic mass is 35.5. The lowest BCUT2D eigenvalue weighted by Gasteiger charge is -2.13. The molecular formula is C17H20ClF3N4O2S2. The summed E-state index contributed by atoms with van der Waals surface area (Å²) in [6, 6.07) is 3.24. The fraction of sp³-hybridized carbons (Fsp3) is 0.471. The first-order chi connectivity index (χ1) is 13.7. The average Bonchev–Trinajstić information content (AvgIpc) is 3.09. The van der Waals surface area contributed by atoms with Crippen molar-refractivity contribution in [3.63, 3.8) is 0 Å². The molecule has 2 rings (SSSR count). The largest absolute Gasteiger partial charge is 0.417 e. The minimum Gasteiger partial charge on any atom is -0.382 e. The molecule has 0 aliphatic carbocycles. The zero-order valence-electron chi connectivity index (χ0n) is 15.7. The lowest BCUT2D eigenvalue weighted by Crippen LogP contribution is -2.22. The molecule has 160 valence electrons. The Kier molecular flexibility index (Phi) is 9.00. The van der Waals surface area contributed by atoms with Gasteiger partial charge in [0.1, 0.15) is 0 Å². The Balaban J connectivity index is 1.88. The topological polar surface area (TPSA) is 76.1 Å². The van der Waals surface area contributed by atoms with E-state index < -0.39 is 27.9 Å². The van der Waals surface area contributed by atoms with E-state index in [1.165, 1.54) is 29.2 Å². The minimum absolute atomic E-state index is 0.0214. The van der Waals surface area contributed by atoms with E-state index >= 15 is 0 Å². The van der Waals surface area contributed by atoms with Crippen LogP contribution in [0.1, 0.15) is 25.8 Å². The zero-order valence-corrected chi connectivity index (χ0v) is 18.1. The van der Waals surface area contributed by atoms with Gasteiger partial charge < -0.3 is 15.4 Å². The maximum absolute atomic E-state index is 12.9. The van der Waals surface area contributed by atoms with Crippen molar-refractivity contribution in [2.45, 2.75) is 36.0 Å². The van der Waals surface area contributed by atoms with Crippen molar-refractivity contribution in [1.82, 2.24) is 10.2 Å². The number of thioether (sulfide) groups is 1. The molecule has 0 spiro atoms. The van der Waals surface area contributed by atoms with Crippen LogP contribution in [0.2, 0.25) is 5.02 Å². The number of benzene rings is 1. The van der Waals surface area contributed by atoms with Gasteiger partial charge in [-0.1, -0.05) is 34.7 Å². The van der Waals surface area contributed by atoms with Gasteiger partial charge in [0.15, 0.2) is 4.34 Å². The van der Waals surface area contributed by atoms with Crippen molar-refractivity contribution < 1.29 is 22.7 Å². The van der Waals surface area contributed by atoms with Crippen molar-refractivity contribution in [2.75, 3.05) is 30.4 Å². The summed E-state index contributed by atoms with van der Waals surface area (Å²) in [5.41, 5.74) is -0.977. The molecule has 0 aliphatic heterocycles. The first-order valence-electron chi connectivity index (χ1n) is 8.70. The van der Waals surface area contributed by atoms with Crippen LogP contribution >= 0.6 is 34.7 Å². The number of aromatic nitrogens is 2. The predicted octanol–water partition coefficient (Wildman–Crippen LogP) is 5.17. The van der Waals surface area contributed by atoms with Crippen LogP contribution in [-0.2, 0) is 15.7 Å². The molecule has 6 nitrogen and oxygen atoms in total. The maximum Gasteiger partial charge on any atom is 0.417 e. The van der Waals surface area contributed by atoms with Crippen LogP contribution in [0.25, 0.3) is 0 Å². The van der Waals surface area contributed by atoms with Gasteiger partial charge in [-0.05, 0) is 38.5 Å². The quantitative estimate of drug-likeness (QED) is 0.370. The number of carbonyl (C=O) groups excluding carboxylic acids is 1. The number of halogens is 4. The molecule has 0 fully saturated rings. The van der Waals surface area contributed by atoms with Crippen molar-refractivity contribution in [1.29, 1.82) is 0 Å². The van der Waals surface area contributed by atoms with Gasteiger partial charge in [0, 0.05) is 25.4 Å². The van der Waals surface area contributed by atoms with Crippen LogP contribution in [0, 0.1) is 0 Å². The van der Waals surface area contributed by atoms with E-state index in [2.05, 4.69) is 20.8 Å². The molecule has 0 aliphatic rings. The van der Waals surface area contributed by atoms with E-state index in [1.54, 1.807) is 6.92 Å². The number of nitrogens with one attached hydrogen (secondary N) is 2. The van der Waals surface area contributed by atoms with Crippen molar-refractivity contribution in [3.05, 3.63) is 28.8 Å². The predicted molar refractivity (Wildman–Crippen MR) is 110 cm³/mol. The van der Waals surface area contributed by atoms with Crippen molar-refractivity contribution in [2.24, 2.45) is 0 Å². The van der Waals surface area contributed by atoms with E-state index in [0.717, 1.165) is 18.6 Å². The smallest absolute Gasteiger partial charge is 0.382 e. The van der Waals surface area contributed by atoms with Crippen LogP contribution < -0.4 is 10.6 Å².